The minimum Gasteiger partial charge on any atom is -0.480 e. The van der Waals surface area contributed by atoms with Crippen LogP contribution >= 0.6 is 0 Å². The van der Waals surface area contributed by atoms with Crippen molar-refractivity contribution < 1.29 is 26.4 Å². The third kappa shape index (κ3) is 4.28. The molecule has 1 atom stereocenters. The first-order valence-corrected chi connectivity index (χ1v) is 4.18. The van der Waals surface area contributed by atoms with E-state index in [2.05, 4.69) is 6.07 Å². The van der Waals surface area contributed by atoms with Crippen molar-refractivity contribution in [3.8, 4) is 0 Å². The van der Waals surface area contributed by atoms with Gasteiger partial charge in [0.25, 0.3) is 0 Å². The maximum absolute atomic E-state index is 10.5. The summed E-state index contributed by atoms with van der Waals surface area (Å²) in [6, 6.07) is 9.06. The van der Waals surface area contributed by atoms with Gasteiger partial charge in [0.05, 0.1) is 6.04 Å². The van der Waals surface area contributed by atoms with Gasteiger partial charge >= 0.3 is 22.5 Å². The number of nitrogens with two attached hydrogens (primary N) is 1. The van der Waals surface area contributed by atoms with Crippen LogP contribution in [-0.2, 0) is 21.3 Å². The largest absolute Gasteiger partial charge is 2.00 e. The predicted molar refractivity (Wildman–Crippen MR) is 53.2 cm³/mol. The number of rotatable bonds is 4. The van der Waals surface area contributed by atoms with E-state index in [-0.39, 0.29) is 22.9 Å². The molecular weight excluding hydrogens is 237 g/mol. The zero-order chi connectivity index (χ0) is 10.6. The average Bonchev–Trinajstić information content (AvgIpc) is 2.19. The topological polar surface area (TPSA) is 63.3 Å². The number of carboxylic acids is 1. The smallest absolute Gasteiger partial charge is 0.480 e. The van der Waals surface area contributed by atoms with Gasteiger partial charge in [0.15, 0.2) is 0 Å². The van der Waals surface area contributed by atoms with Crippen molar-refractivity contribution in [3.63, 3.8) is 0 Å². The van der Waals surface area contributed by atoms with E-state index in [9.17, 15) is 4.79 Å². The summed E-state index contributed by atoms with van der Waals surface area (Å²) in [5.41, 5.74) is 6.48. The Kier molecular flexibility index (Phi) is 5.91. The van der Waals surface area contributed by atoms with Gasteiger partial charge in [-0.2, -0.15) is 12.1 Å². The van der Waals surface area contributed by atoms with Crippen molar-refractivity contribution >= 4 is 11.5 Å². The van der Waals surface area contributed by atoms with Crippen LogP contribution in [0.3, 0.4) is 0 Å². The number of hydrogen-bond donors (Lipinski definition) is 2. The van der Waals surface area contributed by atoms with E-state index in [1.807, 2.05) is 12.1 Å². The van der Waals surface area contributed by atoms with Crippen molar-refractivity contribution in [2.75, 3.05) is 0 Å². The Labute approximate surface area is 98.9 Å². The minimum atomic E-state index is -1.05. The molecule has 0 fully saturated rings. The molecule has 1 unspecified atom stereocenters. The quantitative estimate of drug-likeness (QED) is 0.619. The average molecular weight is 248 g/mol. The number of aliphatic carboxylic acids is 1. The van der Waals surface area contributed by atoms with E-state index in [1.165, 1.54) is 0 Å². The molecule has 0 heterocycles. The SMILES string of the molecule is [CH-]=C(CC(N)C(=O)O)c1[c-]cccc1.[Ni+2]. The van der Waals surface area contributed by atoms with Crippen molar-refractivity contribution in [1.29, 1.82) is 0 Å². The van der Waals surface area contributed by atoms with Crippen molar-refractivity contribution in [2.45, 2.75) is 12.5 Å². The number of carboxylic acid groups (broad SMARTS) is 1. The molecule has 15 heavy (non-hydrogen) atoms. The van der Waals surface area contributed by atoms with Gasteiger partial charge in [0.2, 0.25) is 0 Å². The van der Waals surface area contributed by atoms with E-state index in [1.54, 1.807) is 12.1 Å². The molecule has 1 aromatic rings. The third-order valence-electron chi connectivity index (χ3n) is 1.81. The van der Waals surface area contributed by atoms with Crippen molar-refractivity contribution in [3.05, 3.63) is 42.5 Å². The molecule has 0 saturated heterocycles. The molecule has 0 aliphatic heterocycles. The van der Waals surface area contributed by atoms with Crippen molar-refractivity contribution in [2.24, 2.45) is 5.73 Å². The molecular formula is C11H11NNiO2. The Morgan fingerprint density at radius 1 is 1.60 bits per heavy atom. The van der Waals surface area contributed by atoms with E-state index < -0.39 is 12.0 Å². The molecule has 3 N–H and O–H groups in total. The minimum absolute atomic E-state index is 0. The molecule has 0 spiro atoms. The summed E-state index contributed by atoms with van der Waals surface area (Å²) in [7, 11) is 0. The summed E-state index contributed by atoms with van der Waals surface area (Å²) < 4.78 is 0. The molecule has 0 radical (unpaired) electrons. The van der Waals surface area contributed by atoms with Crippen LogP contribution < -0.4 is 5.73 Å². The third-order valence-corrected chi connectivity index (χ3v) is 1.81. The number of carbonyl (C=O) groups is 1. The van der Waals surface area contributed by atoms with Crippen LogP contribution in [0.2, 0.25) is 0 Å². The Balaban J connectivity index is 0.00000196. The second-order valence-electron chi connectivity index (χ2n) is 2.95. The summed E-state index contributed by atoms with van der Waals surface area (Å²) in [5.74, 6) is -1.05. The van der Waals surface area contributed by atoms with Crippen LogP contribution in [0.1, 0.15) is 12.0 Å². The van der Waals surface area contributed by atoms with Gasteiger partial charge in [-0.15, -0.1) is 6.07 Å². The molecule has 1 aromatic carbocycles. The summed E-state index contributed by atoms with van der Waals surface area (Å²) in [4.78, 5) is 10.5. The van der Waals surface area contributed by atoms with Gasteiger partial charge in [-0.3, -0.25) is 10.4 Å². The summed E-state index contributed by atoms with van der Waals surface area (Å²) in [5, 5.41) is 8.57. The van der Waals surface area contributed by atoms with Crippen molar-refractivity contribution in [1.82, 2.24) is 0 Å². The molecule has 4 heteroatoms. The Bertz CT molecular complexity index is 338. The second kappa shape index (κ2) is 6.38. The predicted octanol–water partition coefficient (Wildman–Crippen LogP) is 1.10. The van der Waals surface area contributed by atoms with Gasteiger partial charge < -0.3 is 23.0 Å². The molecule has 0 aliphatic carbocycles. The fraction of sp³-hybridized carbons (Fsp3) is 0.182. The van der Waals surface area contributed by atoms with Crippen LogP contribution in [0.4, 0.5) is 0 Å². The molecule has 0 bridgehead atoms. The fourth-order valence-electron chi connectivity index (χ4n) is 1.03. The van der Waals surface area contributed by atoms with Crippen LogP contribution in [0.15, 0.2) is 24.3 Å². The van der Waals surface area contributed by atoms with E-state index >= 15 is 0 Å². The summed E-state index contributed by atoms with van der Waals surface area (Å²) in [6.07, 6.45) is 0.135. The maximum atomic E-state index is 10.5. The molecule has 0 aliphatic rings. The Hall–Kier alpha value is -1.12. The molecule has 0 aromatic heterocycles. The first kappa shape index (κ1) is 13.9. The molecule has 0 amide bonds. The van der Waals surface area contributed by atoms with E-state index in [0.717, 1.165) is 0 Å². The molecule has 3 nitrogen and oxygen atoms in total. The normalized spacial score (nSPS) is 11.3. The zero-order valence-electron chi connectivity index (χ0n) is 7.92. The summed E-state index contributed by atoms with van der Waals surface area (Å²) in [6.45, 7) is 5.68. The Morgan fingerprint density at radius 2 is 2.27 bits per heavy atom. The monoisotopic (exact) mass is 247 g/mol. The summed E-state index contributed by atoms with van der Waals surface area (Å²) >= 11 is 0. The van der Waals surface area contributed by atoms with E-state index in [4.69, 9.17) is 17.4 Å². The van der Waals surface area contributed by atoms with Crippen LogP contribution in [0.25, 0.3) is 5.57 Å². The molecule has 1 rings (SSSR count). The van der Waals surface area contributed by atoms with E-state index in [0.29, 0.717) is 11.1 Å². The van der Waals surface area contributed by atoms with Gasteiger partial charge in [-0.1, -0.05) is 6.42 Å². The maximum Gasteiger partial charge on any atom is 2.00 e. The van der Waals surface area contributed by atoms with Crippen LogP contribution in [0, 0.1) is 12.6 Å². The fourth-order valence-corrected chi connectivity index (χ4v) is 1.03. The standard InChI is InChI=1S/C11H11NO2.Ni/c1-8(7-10(12)11(13)14)9-5-3-2-4-6-9;/h1-5,10H,7,12H2,(H,13,14);/q-2;+2. The van der Waals surface area contributed by atoms with Crippen LogP contribution in [-0.4, -0.2) is 17.1 Å². The number of hydrogen-bond acceptors (Lipinski definition) is 2. The van der Waals surface area contributed by atoms with Crippen LogP contribution in [0.5, 0.6) is 0 Å². The van der Waals surface area contributed by atoms with Gasteiger partial charge in [0, 0.05) is 0 Å². The number of benzene rings is 1. The Morgan fingerprint density at radius 3 is 2.73 bits per heavy atom. The first-order chi connectivity index (χ1) is 6.61. The molecule has 82 valence electrons. The second-order valence-corrected chi connectivity index (χ2v) is 2.95. The first-order valence-electron chi connectivity index (χ1n) is 4.18. The van der Waals surface area contributed by atoms with Gasteiger partial charge in [-0.05, 0) is 0 Å². The van der Waals surface area contributed by atoms with Gasteiger partial charge in [-0.25, -0.2) is 12.1 Å². The zero-order valence-corrected chi connectivity index (χ0v) is 8.91. The van der Waals surface area contributed by atoms with Gasteiger partial charge in [0.1, 0.15) is 0 Å². The molecule has 0 saturated carbocycles.